The molecule has 1 aliphatic heterocycles. The van der Waals surface area contributed by atoms with Gasteiger partial charge < -0.3 is 9.88 Å². The summed E-state index contributed by atoms with van der Waals surface area (Å²) in [6.45, 7) is 3.13. The van der Waals surface area contributed by atoms with Gasteiger partial charge in [-0.25, -0.2) is 9.97 Å². The van der Waals surface area contributed by atoms with Crippen LogP contribution in [0.4, 0.5) is 0 Å². The second-order valence-electron chi connectivity index (χ2n) is 5.82. The Morgan fingerprint density at radius 3 is 2.91 bits per heavy atom. The van der Waals surface area contributed by atoms with E-state index in [2.05, 4.69) is 19.9 Å². The lowest BCUT2D eigenvalue weighted by Crippen LogP contribution is -2.32. The Morgan fingerprint density at radius 2 is 2.09 bits per heavy atom. The number of imidazole rings is 1. The molecule has 5 nitrogen and oxygen atoms in total. The van der Waals surface area contributed by atoms with Crippen LogP contribution >= 0.6 is 0 Å². The molecule has 0 aromatic carbocycles. The van der Waals surface area contributed by atoms with Gasteiger partial charge in [-0.1, -0.05) is 6.07 Å². The molecule has 1 N–H and O–H groups in total. The lowest BCUT2D eigenvalue weighted by Gasteiger charge is -2.23. The first-order valence-corrected chi connectivity index (χ1v) is 7.85. The number of fused-ring (bicyclic) bond motifs is 1. The molecular formula is C17H19N5. The third-order valence-electron chi connectivity index (χ3n) is 4.24. The molecule has 0 bridgehead atoms. The first kappa shape index (κ1) is 13.4. The predicted octanol–water partition coefficient (Wildman–Crippen LogP) is 2.49. The van der Waals surface area contributed by atoms with Crippen molar-refractivity contribution in [1.82, 2.24) is 24.8 Å². The van der Waals surface area contributed by atoms with Crippen LogP contribution in [0.3, 0.4) is 0 Å². The molecule has 0 radical (unpaired) electrons. The second kappa shape index (κ2) is 5.85. The fraction of sp³-hybridized carbons (Fsp3) is 0.353. The van der Waals surface area contributed by atoms with Gasteiger partial charge in [0.15, 0.2) is 11.5 Å². The van der Waals surface area contributed by atoms with Crippen molar-refractivity contribution in [2.75, 3.05) is 13.1 Å². The zero-order chi connectivity index (χ0) is 14.8. The summed E-state index contributed by atoms with van der Waals surface area (Å²) in [4.78, 5) is 13.8. The van der Waals surface area contributed by atoms with Crippen LogP contribution < -0.4 is 5.32 Å². The van der Waals surface area contributed by atoms with Crippen LogP contribution in [0.25, 0.3) is 22.7 Å². The number of pyridine rings is 2. The molecule has 0 aliphatic carbocycles. The van der Waals surface area contributed by atoms with E-state index in [0.29, 0.717) is 5.92 Å². The summed E-state index contributed by atoms with van der Waals surface area (Å²) in [5.74, 6) is 1.54. The quantitative estimate of drug-likeness (QED) is 0.806. The second-order valence-corrected chi connectivity index (χ2v) is 5.82. The number of aromatic nitrogens is 4. The highest BCUT2D eigenvalue weighted by Gasteiger charge is 2.19. The van der Waals surface area contributed by atoms with Gasteiger partial charge in [0, 0.05) is 18.9 Å². The Hall–Kier alpha value is -2.27. The third kappa shape index (κ3) is 2.48. The van der Waals surface area contributed by atoms with E-state index in [1.807, 2.05) is 42.7 Å². The summed E-state index contributed by atoms with van der Waals surface area (Å²) < 4.78 is 2.23. The molecule has 0 saturated carbocycles. The minimum atomic E-state index is 0.621. The highest BCUT2D eigenvalue weighted by molar-refractivity contribution is 5.76. The molecule has 3 aromatic rings. The Bertz CT molecular complexity index is 759. The molecule has 112 valence electrons. The number of hydrogen-bond donors (Lipinski definition) is 1. The largest absolute Gasteiger partial charge is 0.316 e. The number of nitrogens with zero attached hydrogens (tertiary/aromatic N) is 4. The van der Waals surface area contributed by atoms with E-state index >= 15 is 0 Å². The zero-order valence-electron chi connectivity index (χ0n) is 12.4. The summed E-state index contributed by atoms with van der Waals surface area (Å²) in [5.41, 5.74) is 2.80. The predicted molar refractivity (Wildman–Crippen MR) is 86.4 cm³/mol. The van der Waals surface area contributed by atoms with Gasteiger partial charge >= 0.3 is 0 Å². The van der Waals surface area contributed by atoms with E-state index in [0.717, 1.165) is 42.3 Å². The van der Waals surface area contributed by atoms with Gasteiger partial charge in [0.2, 0.25) is 0 Å². The molecule has 22 heavy (non-hydrogen) atoms. The van der Waals surface area contributed by atoms with E-state index in [1.54, 1.807) is 0 Å². The van der Waals surface area contributed by atoms with Crippen molar-refractivity contribution in [1.29, 1.82) is 0 Å². The van der Waals surface area contributed by atoms with E-state index < -0.39 is 0 Å². The van der Waals surface area contributed by atoms with E-state index in [9.17, 15) is 0 Å². The van der Waals surface area contributed by atoms with Crippen molar-refractivity contribution >= 4 is 11.2 Å². The maximum absolute atomic E-state index is 4.77. The summed E-state index contributed by atoms with van der Waals surface area (Å²) in [5, 5.41) is 3.48. The minimum absolute atomic E-state index is 0.621. The normalized spacial score (nSPS) is 18.6. The van der Waals surface area contributed by atoms with Crippen molar-refractivity contribution in [2.45, 2.75) is 19.4 Å². The molecule has 3 aromatic heterocycles. The SMILES string of the molecule is c1ccc(-c2nc3cccnc3n2CC2CCCNC2)nc1. The molecule has 4 rings (SSSR count). The van der Waals surface area contributed by atoms with Crippen LogP contribution in [-0.4, -0.2) is 32.6 Å². The number of hydrogen-bond acceptors (Lipinski definition) is 4. The van der Waals surface area contributed by atoms with Gasteiger partial charge in [-0.3, -0.25) is 4.98 Å². The fourth-order valence-electron chi connectivity index (χ4n) is 3.16. The Labute approximate surface area is 129 Å². The lowest BCUT2D eigenvalue weighted by atomic mass is 9.99. The molecule has 5 heteroatoms. The van der Waals surface area contributed by atoms with E-state index in [-0.39, 0.29) is 0 Å². The molecule has 0 spiro atoms. The first-order chi connectivity index (χ1) is 10.9. The van der Waals surface area contributed by atoms with Crippen LogP contribution in [0.1, 0.15) is 12.8 Å². The summed E-state index contributed by atoms with van der Waals surface area (Å²) in [6.07, 6.45) is 6.14. The van der Waals surface area contributed by atoms with Crippen molar-refractivity contribution in [3.05, 3.63) is 42.7 Å². The fourth-order valence-corrected chi connectivity index (χ4v) is 3.16. The first-order valence-electron chi connectivity index (χ1n) is 7.85. The van der Waals surface area contributed by atoms with E-state index in [4.69, 9.17) is 4.98 Å². The number of piperidine rings is 1. The Balaban J connectivity index is 1.79. The van der Waals surface area contributed by atoms with Crippen molar-refractivity contribution < 1.29 is 0 Å². The minimum Gasteiger partial charge on any atom is -0.316 e. The Morgan fingerprint density at radius 1 is 1.14 bits per heavy atom. The van der Waals surface area contributed by atoms with Gasteiger partial charge in [0.25, 0.3) is 0 Å². The van der Waals surface area contributed by atoms with Gasteiger partial charge in [0.1, 0.15) is 11.2 Å². The Kier molecular flexibility index (Phi) is 3.56. The van der Waals surface area contributed by atoms with Gasteiger partial charge in [-0.05, 0) is 56.1 Å². The molecular weight excluding hydrogens is 274 g/mol. The number of rotatable bonds is 3. The van der Waals surface area contributed by atoms with Gasteiger partial charge in [0.05, 0.1) is 0 Å². The molecule has 1 aliphatic rings. The lowest BCUT2D eigenvalue weighted by molar-refractivity contribution is 0.341. The highest BCUT2D eigenvalue weighted by Crippen LogP contribution is 2.24. The summed E-state index contributed by atoms with van der Waals surface area (Å²) in [7, 11) is 0. The van der Waals surface area contributed by atoms with Crippen LogP contribution in [0.15, 0.2) is 42.7 Å². The molecule has 0 amide bonds. The van der Waals surface area contributed by atoms with Crippen LogP contribution in [-0.2, 0) is 6.54 Å². The molecule has 1 unspecified atom stereocenters. The van der Waals surface area contributed by atoms with Crippen molar-refractivity contribution in [3.63, 3.8) is 0 Å². The average molecular weight is 293 g/mol. The molecule has 1 saturated heterocycles. The summed E-state index contributed by atoms with van der Waals surface area (Å²) in [6, 6.07) is 9.90. The highest BCUT2D eigenvalue weighted by atomic mass is 15.1. The molecule has 1 atom stereocenters. The molecule has 4 heterocycles. The summed E-state index contributed by atoms with van der Waals surface area (Å²) >= 11 is 0. The maximum atomic E-state index is 4.77. The van der Waals surface area contributed by atoms with Crippen LogP contribution in [0.5, 0.6) is 0 Å². The standard InChI is InChI=1S/C17H19N5/c1-2-9-19-14(6-1)17-21-15-7-4-10-20-16(15)22(17)12-13-5-3-8-18-11-13/h1-2,4,6-7,9-10,13,18H,3,5,8,11-12H2. The van der Waals surface area contributed by atoms with Gasteiger partial charge in [-0.2, -0.15) is 0 Å². The zero-order valence-corrected chi connectivity index (χ0v) is 12.4. The molecule has 1 fully saturated rings. The van der Waals surface area contributed by atoms with Crippen molar-refractivity contribution in [3.8, 4) is 11.5 Å². The van der Waals surface area contributed by atoms with E-state index in [1.165, 1.54) is 12.8 Å². The monoisotopic (exact) mass is 293 g/mol. The number of nitrogens with one attached hydrogen (secondary N) is 1. The van der Waals surface area contributed by atoms with Gasteiger partial charge in [-0.15, -0.1) is 0 Å². The average Bonchev–Trinajstić information content (AvgIpc) is 2.95. The topological polar surface area (TPSA) is 55.6 Å². The van der Waals surface area contributed by atoms with Crippen LogP contribution in [0.2, 0.25) is 0 Å². The van der Waals surface area contributed by atoms with Crippen LogP contribution in [0, 0.1) is 5.92 Å². The maximum Gasteiger partial charge on any atom is 0.161 e. The smallest absolute Gasteiger partial charge is 0.161 e. The third-order valence-corrected chi connectivity index (χ3v) is 4.24. The van der Waals surface area contributed by atoms with Crippen molar-refractivity contribution in [2.24, 2.45) is 5.92 Å².